The Morgan fingerprint density at radius 3 is 2.83 bits per heavy atom. The number of amides is 3. The van der Waals surface area contributed by atoms with Crippen molar-refractivity contribution in [1.29, 1.82) is 0 Å². The summed E-state index contributed by atoms with van der Waals surface area (Å²) in [7, 11) is 0. The minimum Gasteiger partial charge on any atom is -0.468 e. The summed E-state index contributed by atoms with van der Waals surface area (Å²) in [5.74, 6) is -0.446. The number of ether oxygens (including phenoxy) is 1. The van der Waals surface area contributed by atoms with Gasteiger partial charge in [0.15, 0.2) is 6.61 Å². The predicted octanol–water partition coefficient (Wildman–Crippen LogP) is 1.81. The molecule has 3 amide bonds. The summed E-state index contributed by atoms with van der Waals surface area (Å²) < 4.78 is 40.5. The molecule has 0 bridgehead atoms. The van der Waals surface area contributed by atoms with Gasteiger partial charge < -0.3 is 20.7 Å². The van der Waals surface area contributed by atoms with Gasteiger partial charge in [0.05, 0.1) is 11.9 Å². The lowest BCUT2D eigenvalue weighted by Crippen LogP contribution is -2.47. The second kappa shape index (κ2) is 7.84. The van der Waals surface area contributed by atoms with E-state index in [1.807, 2.05) is 0 Å². The largest absolute Gasteiger partial charge is 0.468 e. The molecule has 1 aliphatic rings. The molecule has 1 unspecified atom stereocenters. The second-order valence-corrected chi connectivity index (χ2v) is 5.23. The van der Waals surface area contributed by atoms with Crippen molar-refractivity contribution in [1.82, 2.24) is 15.6 Å². The smallest absolute Gasteiger partial charge is 0.422 e. The van der Waals surface area contributed by atoms with E-state index in [1.165, 1.54) is 18.3 Å². The number of hydrogen-bond donors (Lipinski definition) is 3. The molecule has 1 aliphatic heterocycles. The maximum Gasteiger partial charge on any atom is 0.422 e. The summed E-state index contributed by atoms with van der Waals surface area (Å²) in [6, 6.07) is 1.35. The van der Waals surface area contributed by atoms with E-state index in [9.17, 15) is 22.8 Å². The van der Waals surface area contributed by atoms with Crippen LogP contribution in [0.1, 0.15) is 19.3 Å². The molecule has 0 spiro atoms. The van der Waals surface area contributed by atoms with E-state index < -0.39 is 24.9 Å². The molecule has 0 aliphatic carbocycles. The van der Waals surface area contributed by atoms with Crippen LogP contribution in [0, 0.1) is 0 Å². The van der Waals surface area contributed by atoms with Crippen molar-refractivity contribution in [2.45, 2.75) is 31.5 Å². The van der Waals surface area contributed by atoms with Gasteiger partial charge in [0.2, 0.25) is 11.8 Å². The van der Waals surface area contributed by atoms with Gasteiger partial charge in [-0.1, -0.05) is 0 Å². The van der Waals surface area contributed by atoms with Crippen LogP contribution in [-0.4, -0.2) is 42.3 Å². The van der Waals surface area contributed by atoms with Crippen molar-refractivity contribution in [2.24, 2.45) is 0 Å². The van der Waals surface area contributed by atoms with E-state index >= 15 is 0 Å². The van der Waals surface area contributed by atoms with E-state index in [-0.39, 0.29) is 17.5 Å². The number of hydrogen-bond acceptors (Lipinski definition) is 4. The molecule has 1 saturated heterocycles. The maximum atomic E-state index is 12.0. The van der Waals surface area contributed by atoms with Gasteiger partial charge >= 0.3 is 12.2 Å². The Hall–Kier alpha value is -2.52. The zero-order valence-corrected chi connectivity index (χ0v) is 12.7. The van der Waals surface area contributed by atoms with E-state index in [0.717, 1.165) is 12.8 Å². The first kappa shape index (κ1) is 17.8. The van der Waals surface area contributed by atoms with Crippen molar-refractivity contribution < 1.29 is 27.5 Å². The molecule has 1 fully saturated rings. The Bertz CT molecular complexity index is 578. The minimum atomic E-state index is -4.45. The fraction of sp³-hybridized carbons (Fsp3) is 0.500. The zero-order chi connectivity index (χ0) is 17.6. The maximum absolute atomic E-state index is 12.0. The van der Waals surface area contributed by atoms with Crippen molar-refractivity contribution in [3.05, 3.63) is 18.3 Å². The average Bonchev–Trinajstić information content (AvgIpc) is 2.71. The van der Waals surface area contributed by atoms with Crippen molar-refractivity contribution in [3.63, 3.8) is 0 Å². The van der Waals surface area contributed by atoms with Crippen molar-refractivity contribution in [3.8, 4) is 5.88 Å². The third-order valence-electron chi connectivity index (χ3n) is 3.22. The van der Waals surface area contributed by atoms with Crippen molar-refractivity contribution in [2.75, 3.05) is 18.5 Å². The highest BCUT2D eigenvalue weighted by molar-refractivity contribution is 5.93. The number of urea groups is 1. The highest BCUT2D eigenvalue weighted by Crippen LogP contribution is 2.18. The molecular weight excluding hydrogens is 329 g/mol. The Morgan fingerprint density at radius 2 is 2.17 bits per heavy atom. The van der Waals surface area contributed by atoms with Gasteiger partial charge in [-0.25, -0.2) is 9.78 Å². The Kier molecular flexibility index (Phi) is 5.83. The molecule has 3 N–H and O–H groups in total. The summed E-state index contributed by atoms with van der Waals surface area (Å²) in [5, 5.41) is 7.70. The first-order chi connectivity index (χ1) is 11.3. The monoisotopic (exact) mass is 346 g/mol. The third kappa shape index (κ3) is 5.94. The van der Waals surface area contributed by atoms with E-state index in [2.05, 4.69) is 25.7 Å². The van der Waals surface area contributed by atoms with Crippen LogP contribution in [0.4, 0.5) is 23.7 Å². The van der Waals surface area contributed by atoms with Gasteiger partial charge in [-0.15, -0.1) is 0 Å². The Morgan fingerprint density at radius 1 is 1.38 bits per heavy atom. The first-order valence-corrected chi connectivity index (χ1v) is 7.34. The fourth-order valence-electron chi connectivity index (χ4n) is 2.10. The number of nitrogens with one attached hydrogen (secondary N) is 3. The lowest BCUT2D eigenvalue weighted by molar-refractivity contribution is -0.154. The Labute approximate surface area is 136 Å². The molecule has 10 heteroatoms. The topological polar surface area (TPSA) is 92.3 Å². The predicted molar refractivity (Wildman–Crippen MR) is 78.6 cm³/mol. The van der Waals surface area contributed by atoms with Crippen LogP contribution >= 0.6 is 0 Å². The number of halogens is 3. The number of carbonyl (C=O) groups is 2. The van der Waals surface area contributed by atoms with Crippen LogP contribution in [0.15, 0.2) is 18.3 Å². The zero-order valence-electron chi connectivity index (χ0n) is 12.7. The molecule has 1 aromatic heterocycles. The lowest BCUT2D eigenvalue weighted by atomic mass is 10.1. The molecule has 2 heterocycles. The van der Waals surface area contributed by atoms with Crippen LogP contribution in [-0.2, 0) is 4.79 Å². The summed E-state index contributed by atoms with van der Waals surface area (Å²) in [6.07, 6.45) is -1.07. The van der Waals surface area contributed by atoms with Gasteiger partial charge in [0.1, 0.15) is 6.04 Å². The lowest BCUT2D eigenvalue weighted by Gasteiger charge is -2.15. The summed E-state index contributed by atoms with van der Waals surface area (Å²) >= 11 is 0. The van der Waals surface area contributed by atoms with E-state index in [1.54, 1.807) is 0 Å². The van der Waals surface area contributed by atoms with E-state index in [0.29, 0.717) is 13.0 Å². The third-order valence-corrected chi connectivity index (χ3v) is 3.22. The van der Waals surface area contributed by atoms with Crippen LogP contribution in [0.3, 0.4) is 0 Å². The molecule has 0 saturated carbocycles. The van der Waals surface area contributed by atoms with Gasteiger partial charge in [-0.2, -0.15) is 13.2 Å². The number of aromatic nitrogens is 1. The molecule has 0 radical (unpaired) electrons. The quantitative estimate of drug-likeness (QED) is 0.775. The van der Waals surface area contributed by atoms with Crippen LogP contribution in [0.5, 0.6) is 5.88 Å². The van der Waals surface area contributed by atoms with Crippen molar-refractivity contribution >= 4 is 17.6 Å². The average molecular weight is 346 g/mol. The van der Waals surface area contributed by atoms with Crippen LogP contribution in [0.2, 0.25) is 0 Å². The molecule has 132 valence electrons. The van der Waals surface area contributed by atoms with Gasteiger partial charge in [0, 0.05) is 12.6 Å². The van der Waals surface area contributed by atoms with Gasteiger partial charge in [0.25, 0.3) is 0 Å². The summed E-state index contributed by atoms with van der Waals surface area (Å²) in [4.78, 5) is 27.3. The number of pyridine rings is 1. The fourth-order valence-corrected chi connectivity index (χ4v) is 2.10. The molecule has 2 rings (SSSR count). The van der Waals surface area contributed by atoms with Crippen LogP contribution in [0.25, 0.3) is 0 Å². The SMILES string of the molecule is O=C(Nc1ccc(OCC(F)(F)F)nc1)NC1CCCCNC1=O. The highest BCUT2D eigenvalue weighted by Gasteiger charge is 2.28. The number of anilines is 1. The Balaban J connectivity index is 1.84. The van der Waals surface area contributed by atoms with Gasteiger partial charge in [-0.05, 0) is 25.3 Å². The number of rotatable bonds is 4. The molecule has 0 aromatic carbocycles. The summed E-state index contributed by atoms with van der Waals surface area (Å²) in [5.41, 5.74) is 0.265. The molecule has 1 aromatic rings. The molecule has 1 atom stereocenters. The molecular formula is C14H17F3N4O3. The second-order valence-electron chi connectivity index (χ2n) is 5.23. The molecule has 7 nitrogen and oxygen atoms in total. The molecule has 24 heavy (non-hydrogen) atoms. The van der Waals surface area contributed by atoms with E-state index in [4.69, 9.17) is 0 Å². The first-order valence-electron chi connectivity index (χ1n) is 7.34. The number of alkyl halides is 3. The number of nitrogens with zero attached hydrogens (tertiary/aromatic N) is 1. The van der Waals surface area contributed by atoms with Gasteiger partial charge in [-0.3, -0.25) is 4.79 Å². The normalized spacial score (nSPS) is 18.3. The summed E-state index contributed by atoms with van der Waals surface area (Å²) in [6.45, 7) is -0.855. The van der Waals surface area contributed by atoms with Crippen LogP contribution < -0.4 is 20.7 Å². The highest BCUT2D eigenvalue weighted by atomic mass is 19.4. The minimum absolute atomic E-state index is 0.207. The standard InChI is InChI=1S/C14H17F3N4O3/c15-14(16,17)8-24-11-5-4-9(7-19-11)20-13(23)21-10-3-1-2-6-18-12(10)22/h4-5,7,10H,1-3,6,8H2,(H,18,22)(H2,20,21,23). The number of carbonyl (C=O) groups excluding carboxylic acids is 2.